The van der Waals surface area contributed by atoms with Crippen LogP contribution in [-0.2, 0) is 18.4 Å². The van der Waals surface area contributed by atoms with E-state index in [0.29, 0.717) is 11.0 Å². The number of unbranched alkanes of at least 4 members (excludes halogenated alkanes) is 7. The number of likely N-dealkylation sites (N-methyl/N-ethyl adjacent to an activating group) is 1. The Bertz CT molecular complexity index is 718. The Labute approximate surface area is 226 Å². The maximum absolute atomic E-state index is 12.1. The van der Waals surface area contributed by atoms with E-state index in [4.69, 9.17) is 9.05 Å². The Morgan fingerprint density at radius 2 is 1.49 bits per heavy atom. The van der Waals surface area contributed by atoms with Crippen LogP contribution in [0.5, 0.6) is 0 Å². The topological polar surface area (TPSA) is 108 Å². The molecule has 0 heterocycles. The summed E-state index contributed by atoms with van der Waals surface area (Å²) in [5.74, 6) is -0.304. The third-order valence-electron chi connectivity index (χ3n) is 5.64. The lowest BCUT2D eigenvalue weighted by atomic mass is 10.1. The Morgan fingerprint density at radius 3 is 2.05 bits per heavy atom. The average Bonchev–Trinajstić information content (AvgIpc) is 2.82. The SMILES string of the molecule is CCCCCCC/C=C/CC/C=C/CC/C=C/C(O)C(COP(=O)([O-])OCC[N+](C)(C)C)NC(=O)CC. The molecule has 0 rings (SSSR count). The monoisotopic (exact) mass is 544 g/mol. The van der Waals surface area contributed by atoms with Crippen LogP contribution >= 0.6 is 7.82 Å². The summed E-state index contributed by atoms with van der Waals surface area (Å²) in [7, 11) is 1.21. The predicted octanol–water partition coefficient (Wildman–Crippen LogP) is 5.04. The van der Waals surface area contributed by atoms with Gasteiger partial charge in [0, 0.05) is 6.42 Å². The van der Waals surface area contributed by atoms with Crippen molar-refractivity contribution in [3.05, 3.63) is 36.5 Å². The molecule has 2 N–H and O–H groups in total. The molecule has 0 aliphatic carbocycles. The highest BCUT2D eigenvalue weighted by Crippen LogP contribution is 2.38. The number of nitrogens with one attached hydrogen (secondary N) is 1. The molecule has 3 atom stereocenters. The van der Waals surface area contributed by atoms with Gasteiger partial charge in [-0.3, -0.25) is 9.36 Å². The molecular weight excluding hydrogens is 491 g/mol. The summed E-state index contributed by atoms with van der Waals surface area (Å²) in [5, 5.41) is 13.1. The highest BCUT2D eigenvalue weighted by atomic mass is 31.2. The second-order valence-electron chi connectivity index (χ2n) is 10.3. The van der Waals surface area contributed by atoms with E-state index in [1.165, 1.54) is 38.5 Å². The van der Waals surface area contributed by atoms with Crippen molar-refractivity contribution in [1.29, 1.82) is 0 Å². The Balaban J connectivity index is 4.35. The fraction of sp³-hybridized carbons (Fsp3) is 0.750. The molecule has 37 heavy (non-hydrogen) atoms. The highest BCUT2D eigenvalue weighted by Gasteiger charge is 2.22. The number of nitrogens with zero attached hydrogens (tertiary/aromatic N) is 1. The number of aliphatic hydroxyl groups is 1. The lowest BCUT2D eigenvalue weighted by molar-refractivity contribution is -0.870. The van der Waals surface area contributed by atoms with Crippen LogP contribution in [0.15, 0.2) is 36.5 Å². The third-order valence-corrected chi connectivity index (χ3v) is 6.61. The number of amides is 1. The normalized spacial score (nSPS) is 16.0. The molecule has 1 amide bonds. The number of hydrogen-bond acceptors (Lipinski definition) is 6. The van der Waals surface area contributed by atoms with E-state index < -0.39 is 26.6 Å². The first kappa shape index (κ1) is 35.7. The van der Waals surface area contributed by atoms with Crippen LogP contribution in [-0.4, -0.2) is 68.5 Å². The minimum atomic E-state index is -4.55. The summed E-state index contributed by atoms with van der Waals surface area (Å²) in [6, 6.07) is -0.901. The number of phosphoric ester groups is 1. The van der Waals surface area contributed by atoms with Crippen molar-refractivity contribution in [1.82, 2.24) is 5.32 Å². The summed E-state index contributed by atoms with van der Waals surface area (Å²) in [4.78, 5) is 23.9. The van der Waals surface area contributed by atoms with Crippen LogP contribution in [0.3, 0.4) is 0 Å². The first-order valence-corrected chi connectivity index (χ1v) is 15.3. The number of hydrogen-bond donors (Lipinski definition) is 2. The Kier molecular flexibility index (Phi) is 20.9. The number of quaternary nitrogens is 1. The summed E-state index contributed by atoms with van der Waals surface area (Å²) in [6.07, 6.45) is 22.7. The standard InChI is InChI=1S/C28H53N2O6P/c1-6-8-9-10-11-12-13-14-15-16-17-18-19-20-21-22-27(31)26(29-28(32)7-2)25-36-37(33,34)35-24-23-30(3,4)5/h13-14,17-18,21-22,26-27,31H,6-12,15-16,19-20,23-25H2,1-5H3,(H-,29,32,33,34)/b14-13+,18-17+,22-21+. The van der Waals surface area contributed by atoms with E-state index in [-0.39, 0.29) is 18.9 Å². The number of allylic oxidation sites excluding steroid dienone is 5. The van der Waals surface area contributed by atoms with Crippen LogP contribution in [0.25, 0.3) is 0 Å². The van der Waals surface area contributed by atoms with Gasteiger partial charge in [-0.1, -0.05) is 76.0 Å². The molecule has 0 aromatic heterocycles. The zero-order chi connectivity index (χ0) is 28.0. The van der Waals surface area contributed by atoms with E-state index in [9.17, 15) is 19.4 Å². The van der Waals surface area contributed by atoms with E-state index >= 15 is 0 Å². The minimum Gasteiger partial charge on any atom is -0.756 e. The smallest absolute Gasteiger partial charge is 0.268 e. The van der Waals surface area contributed by atoms with Crippen LogP contribution < -0.4 is 10.2 Å². The Morgan fingerprint density at radius 1 is 0.919 bits per heavy atom. The first-order valence-electron chi connectivity index (χ1n) is 13.9. The van der Waals surface area contributed by atoms with Crippen molar-refractivity contribution in [2.75, 3.05) is 40.9 Å². The molecular formula is C28H53N2O6P. The van der Waals surface area contributed by atoms with Gasteiger partial charge in [-0.2, -0.15) is 0 Å². The van der Waals surface area contributed by atoms with Crippen molar-refractivity contribution >= 4 is 13.7 Å². The summed E-state index contributed by atoms with van der Waals surface area (Å²) in [6.45, 7) is 3.98. The van der Waals surface area contributed by atoms with Crippen molar-refractivity contribution in [2.24, 2.45) is 0 Å². The van der Waals surface area contributed by atoms with Gasteiger partial charge in [0.25, 0.3) is 7.82 Å². The van der Waals surface area contributed by atoms with Gasteiger partial charge in [-0.25, -0.2) is 0 Å². The van der Waals surface area contributed by atoms with E-state index in [1.54, 1.807) is 13.0 Å². The van der Waals surface area contributed by atoms with Gasteiger partial charge in [0.1, 0.15) is 13.2 Å². The van der Waals surface area contributed by atoms with Crippen LogP contribution in [0.1, 0.15) is 84.5 Å². The van der Waals surface area contributed by atoms with Crippen molar-refractivity contribution in [2.45, 2.75) is 96.6 Å². The molecule has 9 heteroatoms. The van der Waals surface area contributed by atoms with Crippen LogP contribution in [0.4, 0.5) is 0 Å². The van der Waals surface area contributed by atoms with Gasteiger partial charge in [0.05, 0.1) is 39.9 Å². The zero-order valence-electron chi connectivity index (χ0n) is 23.9. The number of rotatable bonds is 23. The molecule has 3 unspecified atom stereocenters. The van der Waals surface area contributed by atoms with E-state index in [1.807, 2.05) is 27.2 Å². The van der Waals surface area contributed by atoms with Gasteiger partial charge >= 0.3 is 0 Å². The second-order valence-corrected chi connectivity index (χ2v) is 11.7. The molecule has 0 aromatic rings. The zero-order valence-corrected chi connectivity index (χ0v) is 24.8. The summed E-state index contributed by atoms with van der Waals surface area (Å²) < 4.78 is 22.4. The fourth-order valence-corrected chi connectivity index (χ4v) is 3.98. The third kappa shape index (κ3) is 23.6. The molecule has 0 fully saturated rings. The van der Waals surface area contributed by atoms with Gasteiger partial charge in [-0.05, 0) is 38.5 Å². The molecule has 0 saturated heterocycles. The van der Waals surface area contributed by atoms with Crippen molar-refractivity contribution < 1.29 is 32.9 Å². The highest BCUT2D eigenvalue weighted by molar-refractivity contribution is 7.45. The number of aliphatic hydroxyl groups excluding tert-OH is 1. The van der Waals surface area contributed by atoms with Crippen LogP contribution in [0.2, 0.25) is 0 Å². The predicted molar refractivity (Wildman–Crippen MR) is 150 cm³/mol. The molecule has 0 aliphatic heterocycles. The molecule has 216 valence electrons. The number of phosphoric acid groups is 1. The molecule has 0 spiro atoms. The maximum atomic E-state index is 12.1. The van der Waals surface area contributed by atoms with Gasteiger partial charge in [0.15, 0.2) is 0 Å². The molecule has 8 nitrogen and oxygen atoms in total. The summed E-state index contributed by atoms with van der Waals surface area (Å²) in [5.41, 5.74) is 0. The summed E-state index contributed by atoms with van der Waals surface area (Å²) >= 11 is 0. The van der Waals surface area contributed by atoms with Gasteiger partial charge < -0.3 is 28.8 Å². The van der Waals surface area contributed by atoms with Gasteiger partial charge in [-0.15, -0.1) is 0 Å². The lowest BCUT2D eigenvalue weighted by Crippen LogP contribution is -2.45. The number of carbonyl (C=O) groups excluding carboxylic acids is 1. The van der Waals surface area contributed by atoms with Gasteiger partial charge in [0.2, 0.25) is 5.91 Å². The largest absolute Gasteiger partial charge is 0.756 e. The molecule has 0 aliphatic rings. The molecule has 0 radical (unpaired) electrons. The molecule has 0 saturated carbocycles. The minimum absolute atomic E-state index is 0.0123. The maximum Gasteiger partial charge on any atom is 0.268 e. The van der Waals surface area contributed by atoms with Crippen molar-refractivity contribution in [3.63, 3.8) is 0 Å². The first-order chi connectivity index (χ1) is 17.5. The van der Waals surface area contributed by atoms with E-state index in [2.05, 4.69) is 36.5 Å². The Hall–Kier alpha value is -1.28. The van der Waals surface area contributed by atoms with E-state index in [0.717, 1.165) is 25.7 Å². The van der Waals surface area contributed by atoms with Crippen LogP contribution in [0, 0.1) is 0 Å². The molecule has 0 bridgehead atoms. The fourth-order valence-electron chi connectivity index (χ4n) is 3.26. The number of carbonyl (C=O) groups is 1. The molecule has 0 aromatic carbocycles. The van der Waals surface area contributed by atoms with Crippen molar-refractivity contribution in [3.8, 4) is 0 Å². The lowest BCUT2D eigenvalue weighted by Gasteiger charge is -2.29. The quantitative estimate of drug-likeness (QED) is 0.0808. The second kappa shape index (κ2) is 21.6. The average molecular weight is 545 g/mol.